The fraction of sp³-hybridized carbons (Fsp3) is 0.458. The van der Waals surface area contributed by atoms with Crippen LogP contribution in [0.3, 0.4) is 0 Å². The lowest BCUT2D eigenvalue weighted by Gasteiger charge is -2.26. The van der Waals surface area contributed by atoms with Crippen LogP contribution in [0.15, 0.2) is 45.6 Å². The number of benzene rings is 2. The monoisotopic (exact) mass is 413 g/mol. The van der Waals surface area contributed by atoms with E-state index in [2.05, 4.69) is 4.90 Å². The van der Waals surface area contributed by atoms with Crippen LogP contribution in [0.25, 0.3) is 21.9 Å². The molecule has 29 heavy (non-hydrogen) atoms. The molecule has 0 atom stereocenters. The summed E-state index contributed by atoms with van der Waals surface area (Å²) in [5, 5.41) is 1.55. The third-order valence-electron chi connectivity index (χ3n) is 5.69. The van der Waals surface area contributed by atoms with Crippen molar-refractivity contribution < 1.29 is 9.15 Å². The van der Waals surface area contributed by atoms with E-state index in [1.165, 1.54) is 58.2 Å². The molecule has 3 aromatic rings. The zero-order valence-corrected chi connectivity index (χ0v) is 17.5. The second-order valence-electron chi connectivity index (χ2n) is 7.89. The number of hydrogen-bond donors (Lipinski definition) is 0. The normalized spacial score (nSPS) is 15.2. The second-order valence-corrected chi connectivity index (χ2v) is 8.33. The fourth-order valence-corrected chi connectivity index (χ4v) is 4.23. The molecular weight excluding hydrogens is 386 g/mol. The van der Waals surface area contributed by atoms with Gasteiger partial charge in [0.15, 0.2) is 0 Å². The van der Waals surface area contributed by atoms with E-state index in [1.807, 2.05) is 6.07 Å². The minimum absolute atomic E-state index is 0.0769. The second kappa shape index (κ2) is 9.64. The van der Waals surface area contributed by atoms with Gasteiger partial charge in [0.1, 0.15) is 16.9 Å². The van der Waals surface area contributed by atoms with E-state index in [9.17, 15) is 4.79 Å². The highest BCUT2D eigenvalue weighted by Gasteiger charge is 2.10. The third kappa shape index (κ3) is 5.12. The number of nitrogens with zero attached hydrogens (tertiary/aromatic N) is 1. The standard InChI is InChI=1S/C24H28ClNO3/c25-18-8-10-22-20(16-18)24(27)21-17-19(9-11-23(21)29-22)28-15-7-2-1-4-12-26-13-5-3-6-14-26/h8-11,16-17H,1-7,12-15H2. The average Bonchev–Trinajstić information content (AvgIpc) is 2.75. The van der Waals surface area contributed by atoms with E-state index < -0.39 is 0 Å². The van der Waals surface area contributed by atoms with Gasteiger partial charge in [0, 0.05) is 5.02 Å². The number of rotatable bonds is 8. The minimum Gasteiger partial charge on any atom is -0.494 e. The van der Waals surface area contributed by atoms with Crippen LogP contribution < -0.4 is 10.2 Å². The van der Waals surface area contributed by atoms with Gasteiger partial charge in [-0.1, -0.05) is 30.9 Å². The lowest BCUT2D eigenvalue weighted by molar-refractivity contribution is 0.223. The molecule has 0 amide bonds. The molecule has 0 radical (unpaired) electrons. The first-order valence-electron chi connectivity index (χ1n) is 10.7. The van der Waals surface area contributed by atoms with Gasteiger partial charge in [0.05, 0.1) is 17.4 Å². The highest BCUT2D eigenvalue weighted by atomic mass is 35.5. The van der Waals surface area contributed by atoms with E-state index >= 15 is 0 Å². The highest BCUT2D eigenvalue weighted by molar-refractivity contribution is 6.31. The van der Waals surface area contributed by atoms with Crippen LogP contribution in [0.2, 0.25) is 5.02 Å². The zero-order chi connectivity index (χ0) is 20.1. The maximum absolute atomic E-state index is 12.8. The van der Waals surface area contributed by atoms with Crippen molar-refractivity contribution in [3.8, 4) is 5.75 Å². The van der Waals surface area contributed by atoms with Crippen LogP contribution in [-0.2, 0) is 0 Å². The van der Waals surface area contributed by atoms with Crippen LogP contribution in [0, 0.1) is 0 Å². The number of unbranched alkanes of at least 4 members (excludes halogenated alkanes) is 3. The largest absolute Gasteiger partial charge is 0.494 e. The molecule has 1 aliphatic rings. The van der Waals surface area contributed by atoms with E-state index in [0.717, 1.165) is 6.42 Å². The van der Waals surface area contributed by atoms with Gasteiger partial charge in [0.25, 0.3) is 0 Å². The van der Waals surface area contributed by atoms with Crippen molar-refractivity contribution in [2.24, 2.45) is 0 Å². The Hall–Kier alpha value is -2.04. The van der Waals surface area contributed by atoms with Gasteiger partial charge in [-0.15, -0.1) is 0 Å². The van der Waals surface area contributed by atoms with Gasteiger partial charge in [-0.3, -0.25) is 4.79 Å². The molecule has 2 heterocycles. The van der Waals surface area contributed by atoms with Crippen LogP contribution in [0.4, 0.5) is 0 Å². The number of piperidine rings is 1. The molecule has 1 fully saturated rings. The first-order chi connectivity index (χ1) is 14.2. The molecule has 0 spiro atoms. The fourth-order valence-electron chi connectivity index (χ4n) is 4.06. The average molecular weight is 414 g/mol. The molecule has 4 rings (SSSR count). The quantitative estimate of drug-likeness (QED) is 0.334. The summed E-state index contributed by atoms with van der Waals surface area (Å²) < 4.78 is 11.7. The lowest BCUT2D eigenvalue weighted by Crippen LogP contribution is -2.30. The van der Waals surface area contributed by atoms with Crippen molar-refractivity contribution in [2.45, 2.75) is 44.9 Å². The van der Waals surface area contributed by atoms with Gasteiger partial charge in [-0.25, -0.2) is 0 Å². The topological polar surface area (TPSA) is 42.7 Å². The van der Waals surface area contributed by atoms with E-state index in [0.29, 0.717) is 39.3 Å². The van der Waals surface area contributed by atoms with Crippen molar-refractivity contribution >= 4 is 33.5 Å². The molecule has 0 N–H and O–H groups in total. The summed E-state index contributed by atoms with van der Waals surface area (Å²) in [4.78, 5) is 15.4. The van der Waals surface area contributed by atoms with Crippen molar-refractivity contribution in [1.29, 1.82) is 0 Å². The van der Waals surface area contributed by atoms with Crippen molar-refractivity contribution in [1.82, 2.24) is 4.90 Å². The molecule has 1 aliphatic heterocycles. The number of ether oxygens (including phenoxy) is 1. The zero-order valence-electron chi connectivity index (χ0n) is 16.8. The summed E-state index contributed by atoms with van der Waals surface area (Å²) in [7, 11) is 0. The van der Waals surface area contributed by atoms with E-state index in [-0.39, 0.29) is 5.43 Å². The summed E-state index contributed by atoms with van der Waals surface area (Å²) in [5.74, 6) is 0.708. The molecule has 2 aromatic carbocycles. The van der Waals surface area contributed by atoms with Gasteiger partial charge >= 0.3 is 0 Å². The molecule has 0 bridgehead atoms. The van der Waals surface area contributed by atoms with Crippen molar-refractivity contribution in [2.75, 3.05) is 26.2 Å². The lowest BCUT2D eigenvalue weighted by atomic mass is 10.1. The van der Waals surface area contributed by atoms with Gasteiger partial charge < -0.3 is 14.1 Å². The van der Waals surface area contributed by atoms with E-state index in [4.69, 9.17) is 20.8 Å². The van der Waals surface area contributed by atoms with Crippen LogP contribution in [-0.4, -0.2) is 31.1 Å². The van der Waals surface area contributed by atoms with Crippen LogP contribution >= 0.6 is 11.6 Å². The summed E-state index contributed by atoms with van der Waals surface area (Å²) in [6.07, 6.45) is 8.84. The molecule has 5 heteroatoms. The van der Waals surface area contributed by atoms with Gasteiger partial charge in [-0.05, 0) is 81.7 Å². The maximum Gasteiger partial charge on any atom is 0.200 e. The number of fused-ring (bicyclic) bond motifs is 2. The molecule has 1 saturated heterocycles. The van der Waals surface area contributed by atoms with E-state index in [1.54, 1.807) is 30.3 Å². The first kappa shape index (κ1) is 20.2. The smallest absolute Gasteiger partial charge is 0.200 e. The Morgan fingerprint density at radius 1 is 0.897 bits per heavy atom. The summed E-state index contributed by atoms with van der Waals surface area (Å²) in [6.45, 7) is 4.46. The summed E-state index contributed by atoms with van der Waals surface area (Å²) >= 11 is 6.03. The summed E-state index contributed by atoms with van der Waals surface area (Å²) in [6, 6.07) is 10.6. The van der Waals surface area contributed by atoms with Crippen molar-refractivity contribution in [3.63, 3.8) is 0 Å². The number of likely N-dealkylation sites (tertiary alicyclic amines) is 1. The van der Waals surface area contributed by atoms with Gasteiger partial charge in [-0.2, -0.15) is 0 Å². The molecule has 0 unspecified atom stereocenters. The molecule has 1 aromatic heterocycles. The predicted octanol–water partition coefficient (Wildman–Crippen LogP) is 6.02. The SMILES string of the molecule is O=c1c2cc(Cl)ccc2oc2ccc(OCCCCCCN3CCCCC3)cc12. The van der Waals surface area contributed by atoms with Crippen LogP contribution in [0.1, 0.15) is 44.9 Å². The Morgan fingerprint density at radius 2 is 1.62 bits per heavy atom. The molecular formula is C24H28ClNO3. The Balaban J connectivity index is 1.29. The summed E-state index contributed by atoms with van der Waals surface area (Å²) in [5.41, 5.74) is 1.03. The minimum atomic E-state index is -0.0769. The molecule has 4 nitrogen and oxygen atoms in total. The third-order valence-corrected chi connectivity index (χ3v) is 5.92. The van der Waals surface area contributed by atoms with Gasteiger partial charge in [0.2, 0.25) is 5.43 Å². The van der Waals surface area contributed by atoms with Crippen LogP contribution in [0.5, 0.6) is 5.75 Å². The first-order valence-corrected chi connectivity index (χ1v) is 11.1. The Morgan fingerprint density at radius 3 is 2.45 bits per heavy atom. The number of hydrogen-bond acceptors (Lipinski definition) is 4. The Labute approximate surface area is 176 Å². The Kier molecular flexibility index (Phi) is 6.73. The Bertz CT molecular complexity index is 1020. The highest BCUT2D eigenvalue weighted by Crippen LogP contribution is 2.24. The maximum atomic E-state index is 12.8. The molecule has 0 aliphatic carbocycles. The number of halogens is 1. The predicted molar refractivity (Wildman–Crippen MR) is 119 cm³/mol. The molecule has 0 saturated carbocycles. The van der Waals surface area contributed by atoms with Crippen molar-refractivity contribution in [3.05, 3.63) is 51.6 Å². The molecule has 154 valence electrons.